The first-order chi connectivity index (χ1) is 13.1. The first kappa shape index (κ1) is 17.8. The predicted molar refractivity (Wildman–Crippen MR) is 107 cm³/mol. The Morgan fingerprint density at radius 2 is 1.96 bits per heavy atom. The first-order valence-corrected chi connectivity index (χ1v) is 9.97. The van der Waals surface area contributed by atoms with Crippen LogP contribution in [0.15, 0.2) is 53.1 Å². The third-order valence-corrected chi connectivity index (χ3v) is 5.93. The summed E-state index contributed by atoms with van der Waals surface area (Å²) in [5, 5.41) is 3.33. The number of hydrogen-bond acceptors (Lipinski definition) is 5. The normalized spacial score (nSPS) is 13.1. The van der Waals surface area contributed by atoms with Crippen molar-refractivity contribution in [3.05, 3.63) is 75.0 Å². The van der Waals surface area contributed by atoms with Crippen LogP contribution in [-0.4, -0.2) is 33.2 Å². The van der Waals surface area contributed by atoms with Crippen molar-refractivity contribution in [3.8, 4) is 0 Å². The van der Waals surface area contributed by atoms with Crippen LogP contribution >= 0.6 is 27.3 Å². The highest BCUT2D eigenvalue weighted by atomic mass is 79.9. The van der Waals surface area contributed by atoms with Gasteiger partial charge in [-0.05, 0) is 40.2 Å². The van der Waals surface area contributed by atoms with Gasteiger partial charge in [0.15, 0.2) is 5.13 Å². The van der Waals surface area contributed by atoms with Gasteiger partial charge >= 0.3 is 0 Å². The van der Waals surface area contributed by atoms with Crippen LogP contribution in [0.2, 0.25) is 0 Å². The molecule has 27 heavy (non-hydrogen) atoms. The number of fused-ring (bicyclic) bond motifs is 1. The molecule has 0 bridgehead atoms. The second-order valence-electron chi connectivity index (χ2n) is 6.01. The molecule has 0 saturated heterocycles. The molecule has 0 atom stereocenters. The maximum Gasteiger partial charge on any atom is 0.276 e. The monoisotopic (exact) mass is 442 g/mol. The molecule has 0 fully saturated rings. The molecule has 4 rings (SSSR count). The average Bonchev–Trinajstić information content (AvgIpc) is 3.10. The Balaban J connectivity index is 1.49. The van der Waals surface area contributed by atoms with Crippen LogP contribution in [0, 0.1) is 0 Å². The maximum absolute atomic E-state index is 12.8. The number of carbonyl (C=O) groups is 2. The van der Waals surface area contributed by atoms with E-state index < -0.39 is 0 Å². The van der Waals surface area contributed by atoms with Gasteiger partial charge in [0.25, 0.3) is 11.8 Å². The number of anilines is 1. The van der Waals surface area contributed by atoms with Gasteiger partial charge in [-0.2, -0.15) is 0 Å². The van der Waals surface area contributed by atoms with E-state index in [4.69, 9.17) is 0 Å². The van der Waals surface area contributed by atoms with Crippen molar-refractivity contribution < 1.29 is 9.59 Å². The Bertz CT molecular complexity index is 1010. The summed E-state index contributed by atoms with van der Waals surface area (Å²) in [6, 6.07) is 12.6. The number of halogens is 1. The Morgan fingerprint density at radius 1 is 1.15 bits per heavy atom. The number of nitrogens with one attached hydrogen (secondary N) is 1. The fraction of sp³-hybridized carbons (Fsp3) is 0.158. The maximum atomic E-state index is 12.8. The van der Waals surface area contributed by atoms with Gasteiger partial charge in [0.1, 0.15) is 5.69 Å². The van der Waals surface area contributed by atoms with E-state index in [9.17, 15) is 9.59 Å². The molecule has 1 aliphatic heterocycles. The summed E-state index contributed by atoms with van der Waals surface area (Å²) >= 11 is 4.84. The number of aromatic nitrogens is 2. The predicted octanol–water partition coefficient (Wildman–Crippen LogP) is 3.75. The van der Waals surface area contributed by atoms with Crippen molar-refractivity contribution in [1.29, 1.82) is 0 Å². The molecule has 2 amide bonds. The minimum atomic E-state index is -0.289. The lowest BCUT2D eigenvalue weighted by molar-refractivity contribution is 0.0735. The second kappa shape index (κ2) is 7.58. The van der Waals surface area contributed by atoms with Gasteiger partial charge in [-0.3, -0.25) is 19.9 Å². The molecular weight excluding hydrogens is 428 g/mol. The number of rotatable bonds is 3. The summed E-state index contributed by atoms with van der Waals surface area (Å²) in [4.78, 5) is 36.4. The lowest BCUT2D eigenvalue weighted by Crippen LogP contribution is -2.35. The van der Waals surface area contributed by atoms with Gasteiger partial charge < -0.3 is 4.90 Å². The number of hydrogen-bond donors (Lipinski definition) is 1. The lowest BCUT2D eigenvalue weighted by Gasteiger charge is -2.26. The quantitative estimate of drug-likeness (QED) is 0.669. The summed E-state index contributed by atoms with van der Waals surface area (Å²) in [5.74, 6) is -0.302. The molecule has 136 valence electrons. The minimum Gasteiger partial charge on any atom is -0.333 e. The largest absolute Gasteiger partial charge is 0.333 e. The van der Waals surface area contributed by atoms with E-state index in [0.717, 1.165) is 15.0 Å². The Labute approximate surface area is 168 Å². The van der Waals surface area contributed by atoms with E-state index >= 15 is 0 Å². The van der Waals surface area contributed by atoms with Crippen molar-refractivity contribution in [2.75, 3.05) is 11.9 Å². The molecule has 1 N–H and O–H groups in total. The van der Waals surface area contributed by atoms with E-state index in [2.05, 4.69) is 31.2 Å². The van der Waals surface area contributed by atoms with Gasteiger partial charge in [0.05, 0.1) is 17.8 Å². The second-order valence-corrected chi connectivity index (χ2v) is 7.95. The van der Waals surface area contributed by atoms with Crippen LogP contribution in [0.25, 0.3) is 0 Å². The number of thiazole rings is 1. The number of carbonyl (C=O) groups excluding carboxylic acids is 2. The van der Waals surface area contributed by atoms with E-state index in [0.29, 0.717) is 35.9 Å². The van der Waals surface area contributed by atoms with Crippen LogP contribution < -0.4 is 5.32 Å². The van der Waals surface area contributed by atoms with Crippen LogP contribution in [0.1, 0.15) is 31.4 Å². The highest BCUT2D eigenvalue weighted by molar-refractivity contribution is 9.10. The molecule has 3 aromatic rings. The zero-order valence-electron chi connectivity index (χ0n) is 14.2. The summed E-state index contributed by atoms with van der Waals surface area (Å²) < 4.78 is 0.786. The molecule has 0 spiro atoms. The smallest absolute Gasteiger partial charge is 0.276 e. The molecule has 0 radical (unpaired) electrons. The lowest BCUT2D eigenvalue weighted by atomic mass is 10.1. The Hall–Kier alpha value is -2.58. The summed E-state index contributed by atoms with van der Waals surface area (Å²) in [7, 11) is 0. The fourth-order valence-corrected chi connectivity index (χ4v) is 4.36. The average molecular weight is 443 g/mol. The topological polar surface area (TPSA) is 75.2 Å². The first-order valence-electron chi connectivity index (χ1n) is 8.36. The molecule has 0 aliphatic carbocycles. The molecule has 8 heteroatoms. The molecule has 6 nitrogen and oxygen atoms in total. The van der Waals surface area contributed by atoms with Crippen LogP contribution in [0.3, 0.4) is 0 Å². The summed E-state index contributed by atoms with van der Waals surface area (Å²) in [6.07, 6.45) is 2.24. The number of amides is 2. The molecule has 3 heterocycles. The standard InChI is InChI=1S/C19H15BrN4O2S/c20-13-6-2-1-5-12(13)18(26)24-10-8-14-16(11-24)27-19(22-14)23-17(25)15-7-3-4-9-21-15/h1-7,9H,8,10-11H2,(H,22,23,25). The van der Waals surface area contributed by atoms with Crippen molar-refractivity contribution >= 4 is 44.2 Å². The van der Waals surface area contributed by atoms with Crippen molar-refractivity contribution in [2.45, 2.75) is 13.0 Å². The van der Waals surface area contributed by atoms with Crippen LogP contribution in [0.5, 0.6) is 0 Å². The summed E-state index contributed by atoms with van der Waals surface area (Å²) in [5.41, 5.74) is 1.93. The van der Waals surface area contributed by atoms with Crippen LogP contribution in [0.4, 0.5) is 5.13 Å². The third-order valence-electron chi connectivity index (χ3n) is 4.24. The van der Waals surface area contributed by atoms with Crippen molar-refractivity contribution in [3.63, 3.8) is 0 Å². The molecule has 2 aromatic heterocycles. The molecule has 1 aliphatic rings. The number of pyridine rings is 1. The molecule has 1 aromatic carbocycles. The fourth-order valence-electron chi connectivity index (χ4n) is 2.89. The van der Waals surface area contributed by atoms with Gasteiger partial charge in [0.2, 0.25) is 0 Å². The highest BCUT2D eigenvalue weighted by Gasteiger charge is 2.26. The van der Waals surface area contributed by atoms with Crippen LogP contribution in [-0.2, 0) is 13.0 Å². The van der Waals surface area contributed by atoms with Gasteiger partial charge in [-0.15, -0.1) is 0 Å². The third kappa shape index (κ3) is 3.77. The zero-order chi connectivity index (χ0) is 18.8. The van der Waals surface area contributed by atoms with E-state index in [1.807, 2.05) is 29.2 Å². The summed E-state index contributed by atoms with van der Waals surface area (Å²) in [6.45, 7) is 1.09. The zero-order valence-corrected chi connectivity index (χ0v) is 16.6. The molecular formula is C19H15BrN4O2S. The number of benzene rings is 1. The number of nitrogens with zero attached hydrogens (tertiary/aromatic N) is 3. The van der Waals surface area contributed by atoms with Crippen molar-refractivity contribution in [1.82, 2.24) is 14.9 Å². The SMILES string of the molecule is O=C(Nc1nc2c(s1)CN(C(=O)c1ccccc1Br)CC2)c1ccccn1. The molecule has 0 unspecified atom stereocenters. The van der Waals surface area contributed by atoms with Gasteiger partial charge in [-0.1, -0.05) is 29.5 Å². The van der Waals surface area contributed by atoms with E-state index in [1.165, 1.54) is 11.3 Å². The Kier molecular flexibility index (Phi) is 5.00. The van der Waals surface area contributed by atoms with E-state index in [1.54, 1.807) is 24.4 Å². The molecule has 0 saturated carbocycles. The van der Waals surface area contributed by atoms with Crippen molar-refractivity contribution in [2.24, 2.45) is 0 Å². The van der Waals surface area contributed by atoms with Gasteiger partial charge in [-0.25, -0.2) is 4.98 Å². The van der Waals surface area contributed by atoms with Gasteiger partial charge in [0, 0.05) is 28.5 Å². The Morgan fingerprint density at radius 3 is 2.74 bits per heavy atom. The highest BCUT2D eigenvalue weighted by Crippen LogP contribution is 2.30. The minimum absolute atomic E-state index is 0.0133. The van der Waals surface area contributed by atoms with E-state index in [-0.39, 0.29) is 11.8 Å².